The molecule has 18 heavy (non-hydrogen) atoms. The van der Waals surface area contributed by atoms with Crippen molar-refractivity contribution in [3.63, 3.8) is 0 Å². The van der Waals surface area contributed by atoms with E-state index in [4.69, 9.17) is 5.73 Å². The van der Waals surface area contributed by atoms with Crippen LogP contribution in [0.2, 0.25) is 0 Å². The first-order valence-corrected chi connectivity index (χ1v) is 6.59. The Bertz CT molecular complexity index is 448. The molecule has 0 saturated carbocycles. The zero-order chi connectivity index (χ0) is 13.9. The van der Waals surface area contributed by atoms with Crippen LogP contribution in [0.3, 0.4) is 0 Å². The van der Waals surface area contributed by atoms with Crippen LogP contribution in [0.25, 0.3) is 0 Å². The summed E-state index contributed by atoms with van der Waals surface area (Å²) in [6, 6.07) is -0.245. The number of hydrogen-bond acceptors (Lipinski definition) is 4. The van der Waals surface area contributed by atoms with Gasteiger partial charge >= 0.3 is 0 Å². The molecule has 5 nitrogen and oxygen atoms in total. The number of nitrogens with zero attached hydrogens (tertiary/aromatic N) is 1. The predicted octanol–water partition coefficient (Wildman–Crippen LogP) is 2.06. The molecule has 1 amide bonds. The van der Waals surface area contributed by atoms with E-state index in [-0.39, 0.29) is 18.0 Å². The highest BCUT2D eigenvalue weighted by atomic mass is 79.9. The zero-order valence-electron chi connectivity index (χ0n) is 11.0. The minimum absolute atomic E-state index is 0.0619. The summed E-state index contributed by atoms with van der Waals surface area (Å²) in [5, 5.41) is 5.90. The molecule has 1 rings (SSSR count). The summed E-state index contributed by atoms with van der Waals surface area (Å²) in [6.07, 6.45) is 1.58. The van der Waals surface area contributed by atoms with Crippen LogP contribution in [0.1, 0.15) is 26.3 Å². The first-order chi connectivity index (χ1) is 8.32. The molecule has 0 aliphatic rings. The van der Waals surface area contributed by atoms with E-state index in [0.717, 1.165) is 10.0 Å². The number of anilines is 2. The maximum atomic E-state index is 11.8. The van der Waals surface area contributed by atoms with Crippen molar-refractivity contribution in [2.45, 2.75) is 39.8 Å². The first kappa shape index (κ1) is 14.8. The summed E-state index contributed by atoms with van der Waals surface area (Å²) in [4.78, 5) is 16.0. The van der Waals surface area contributed by atoms with Gasteiger partial charge in [0, 0.05) is 6.04 Å². The summed E-state index contributed by atoms with van der Waals surface area (Å²) >= 11 is 3.42. The van der Waals surface area contributed by atoms with Crippen LogP contribution in [0.5, 0.6) is 0 Å². The van der Waals surface area contributed by atoms with Crippen LogP contribution in [0.15, 0.2) is 10.7 Å². The third kappa shape index (κ3) is 3.60. The lowest BCUT2D eigenvalue weighted by atomic mass is 10.2. The summed E-state index contributed by atoms with van der Waals surface area (Å²) in [5.74, 6) is 0.557. The van der Waals surface area contributed by atoms with Gasteiger partial charge in [-0.15, -0.1) is 0 Å². The highest BCUT2D eigenvalue weighted by molar-refractivity contribution is 9.10. The molecule has 0 bridgehead atoms. The van der Waals surface area contributed by atoms with E-state index in [9.17, 15) is 4.79 Å². The van der Waals surface area contributed by atoms with Crippen LogP contribution in [0.4, 0.5) is 11.5 Å². The van der Waals surface area contributed by atoms with E-state index in [1.54, 1.807) is 13.1 Å². The fraction of sp³-hybridized carbons (Fsp3) is 0.500. The van der Waals surface area contributed by atoms with Gasteiger partial charge in [-0.25, -0.2) is 4.98 Å². The third-order valence-corrected chi connectivity index (χ3v) is 3.45. The zero-order valence-corrected chi connectivity index (χ0v) is 12.6. The molecule has 0 saturated heterocycles. The van der Waals surface area contributed by atoms with Crippen molar-refractivity contribution in [3.8, 4) is 0 Å². The Morgan fingerprint density at radius 1 is 1.44 bits per heavy atom. The molecule has 0 spiro atoms. The third-order valence-electron chi connectivity index (χ3n) is 2.48. The van der Waals surface area contributed by atoms with Crippen LogP contribution in [-0.4, -0.2) is 23.0 Å². The Kier molecular flexibility index (Phi) is 4.95. The van der Waals surface area contributed by atoms with Crippen molar-refractivity contribution >= 4 is 33.3 Å². The second kappa shape index (κ2) is 6.04. The first-order valence-electron chi connectivity index (χ1n) is 5.80. The molecule has 0 aromatic carbocycles. The summed E-state index contributed by atoms with van der Waals surface area (Å²) in [7, 11) is 0. The highest BCUT2D eigenvalue weighted by Gasteiger charge is 2.16. The van der Waals surface area contributed by atoms with E-state index in [2.05, 4.69) is 31.5 Å². The van der Waals surface area contributed by atoms with Crippen molar-refractivity contribution in [1.82, 2.24) is 10.3 Å². The largest absolute Gasteiger partial charge is 0.397 e. The molecule has 0 radical (unpaired) electrons. The monoisotopic (exact) mass is 314 g/mol. The fourth-order valence-electron chi connectivity index (χ4n) is 1.37. The van der Waals surface area contributed by atoms with Crippen molar-refractivity contribution in [2.24, 2.45) is 0 Å². The molecule has 0 aliphatic carbocycles. The topological polar surface area (TPSA) is 80.0 Å². The number of nitrogen functional groups attached to an aromatic ring is 1. The average Bonchev–Trinajstić information content (AvgIpc) is 2.29. The molecule has 0 aliphatic heterocycles. The van der Waals surface area contributed by atoms with Gasteiger partial charge in [-0.1, -0.05) is 0 Å². The number of pyridine rings is 1. The van der Waals surface area contributed by atoms with Crippen molar-refractivity contribution < 1.29 is 4.79 Å². The Morgan fingerprint density at radius 3 is 2.61 bits per heavy atom. The second-order valence-electron chi connectivity index (χ2n) is 4.53. The van der Waals surface area contributed by atoms with Crippen LogP contribution >= 0.6 is 15.9 Å². The number of aromatic nitrogens is 1. The normalized spacial score (nSPS) is 12.3. The van der Waals surface area contributed by atoms with E-state index in [1.165, 1.54) is 0 Å². The molecule has 1 atom stereocenters. The predicted molar refractivity (Wildman–Crippen MR) is 77.4 cm³/mol. The van der Waals surface area contributed by atoms with Crippen LogP contribution < -0.4 is 16.4 Å². The lowest BCUT2D eigenvalue weighted by molar-refractivity contribution is -0.122. The van der Waals surface area contributed by atoms with Gasteiger partial charge in [0.25, 0.3) is 0 Å². The molecular formula is C12H19BrN4O. The average molecular weight is 315 g/mol. The molecule has 6 heteroatoms. The molecular weight excluding hydrogens is 296 g/mol. The number of hydrogen-bond donors (Lipinski definition) is 3. The van der Waals surface area contributed by atoms with Gasteiger partial charge < -0.3 is 16.4 Å². The van der Waals surface area contributed by atoms with E-state index < -0.39 is 0 Å². The lowest BCUT2D eigenvalue weighted by Gasteiger charge is -2.18. The van der Waals surface area contributed by atoms with Gasteiger partial charge in [0.2, 0.25) is 5.91 Å². The smallest absolute Gasteiger partial charge is 0.242 e. The number of carbonyl (C=O) groups is 1. The molecule has 1 aromatic rings. The second-order valence-corrected chi connectivity index (χ2v) is 5.32. The molecule has 4 N–H and O–H groups in total. The quantitative estimate of drug-likeness (QED) is 0.794. The van der Waals surface area contributed by atoms with E-state index >= 15 is 0 Å². The maximum absolute atomic E-state index is 11.8. The van der Waals surface area contributed by atoms with Crippen molar-refractivity contribution in [3.05, 3.63) is 16.2 Å². The number of carbonyl (C=O) groups excluding carboxylic acids is 1. The maximum Gasteiger partial charge on any atom is 0.242 e. The molecule has 1 heterocycles. The molecule has 1 aromatic heterocycles. The minimum atomic E-state index is -0.362. The molecule has 100 valence electrons. The van der Waals surface area contributed by atoms with Gasteiger partial charge in [0.15, 0.2) is 0 Å². The minimum Gasteiger partial charge on any atom is -0.397 e. The van der Waals surface area contributed by atoms with Crippen LogP contribution in [-0.2, 0) is 4.79 Å². The van der Waals surface area contributed by atoms with Crippen molar-refractivity contribution in [1.29, 1.82) is 0 Å². The number of nitrogens with one attached hydrogen (secondary N) is 2. The lowest BCUT2D eigenvalue weighted by Crippen LogP contribution is -2.41. The van der Waals surface area contributed by atoms with Gasteiger partial charge in [-0.2, -0.15) is 0 Å². The number of amides is 1. The van der Waals surface area contributed by atoms with Crippen LogP contribution in [0, 0.1) is 6.92 Å². The van der Waals surface area contributed by atoms with Gasteiger partial charge in [0.05, 0.1) is 16.4 Å². The SMILES string of the molecule is Cc1c(N)cnc(NC(C)C(=O)NC(C)C)c1Br. The number of nitrogens with two attached hydrogens (primary N) is 1. The highest BCUT2D eigenvalue weighted by Crippen LogP contribution is 2.27. The van der Waals surface area contributed by atoms with Gasteiger partial charge in [-0.05, 0) is 49.2 Å². The molecule has 1 unspecified atom stereocenters. The number of halogens is 1. The Morgan fingerprint density at radius 2 is 2.06 bits per heavy atom. The summed E-state index contributed by atoms with van der Waals surface area (Å²) < 4.78 is 0.784. The van der Waals surface area contributed by atoms with Gasteiger partial charge in [-0.3, -0.25) is 4.79 Å². The number of rotatable bonds is 4. The van der Waals surface area contributed by atoms with E-state index in [0.29, 0.717) is 11.5 Å². The van der Waals surface area contributed by atoms with E-state index in [1.807, 2.05) is 20.8 Å². The summed E-state index contributed by atoms with van der Waals surface area (Å²) in [5.41, 5.74) is 7.27. The van der Waals surface area contributed by atoms with Gasteiger partial charge in [0.1, 0.15) is 11.9 Å². The Hall–Kier alpha value is -1.30. The Balaban J connectivity index is 2.79. The van der Waals surface area contributed by atoms with Crippen molar-refractivity contribution in [2.75, 3.05) is 11.1 Å². The molecule has 0 fully saturated rings. The fourth-order valence-corrected chi connectivity index (χ4v) is 1.82. The Labute approximate surface area is 116 Å². The standard InChI is InChI=1S/C12H19BrN4O/c1-6(2)16-12(18)8(4)17-11-10(13)7(3)9(14)5-15-11/h5-6,8H,14H2,1-4H3,(H,15,17)(H,16,18). The summed E-state index contributed by atoms with van der Waals surface area (Å²) in [6.45, 7) is 7.53.